The smallest absolute Gasteiger partial charge is 0.248 e. The third kappa shape index (κ3) is 4.53. The van der Waals surface area contributed by atoms with Gasteiger partial charge in [0.15, 0.2) is 0 Å². The zero-order chi connectivity index (χ0) is 21.1. The van der Waals surface area contributed by atoms with E-state index in [1.165, 1.54) is 0 Å². The van der Waals surface area contributed by atoms with Gasteiger partial charge < -0.3 is 24.2 Å². The molecule has 1 aromatic carbocycles. The van der Waals surface area contributed by atoms with E-state index in [2.05, 4.69) is 20.5 Å². The molecule has 1 aromatic heterocycles. The number of nitrogens with zero attached hydrogens (tertiary/aromatic N) is 4. The van der Waals surface area contributed by atoms with Gasteiger partial charge in [0.2, 0.25) is 5.91 Å². The lowest BCUT2D eigenvalue weighted by atomic mass is 9.71. The number of benzene rings is 1. The highest BCUT2D eigenvalue weighted by atomic mass is 16.5. The van der Waals surface area contributed by atoms with E-state index in [0.717, 1.165) is 63.0 Å². The molecule has 4 rings (SSSR count). The molecule has 164 valence electrons. The van der Waals surface area contributed by atoms with Crippen molar-refractivity contribution in [2.24, 2.45) is 5.41 Å². The van der Waals surface area contributed by atoms with Crippen LogP contribution in [0.25, 0.3) is 11.0 Å². The minimum Gasteiger partial charge on any atom is -0.392 e. The van der Waals surface area contributed by atoms with Crippen LogP contribution in [-0.2, 0) is 16.1 Å². The Labute approximate surface area is 178 Å². The van der Waals surface area contributed by atoms with Crippen LogP contribution in [0.5, 0.6) is 0 Å². The molecule has 1 unspecified atom stereocenters. The van der Waals surface area contributed by atoms with E-state index >= 15 is 0 Å². The lowest BCUT2D eigenvalue weighted by Crippen LogP contribution is -2.60. The second-order valence-corrected chi connectivity index (χ2v) is 9.15. The van der Waals surface area contributed by atoms with Crippen molar-refractivity contribution in [1.82, 2.24) is 19.4 Å². The molecule has 2 aromatic rings. The van der Waals surface area contributed by atoms with Crippen LogP contribution in [0.4, 0.5) is 0 Å². The number of aliphatic hydroxyl groups excluding tert-OH is 1. The minimum atomic E-state index is -0.357. The van der Waals surface area contributed by atoms with Gasteiger partial charge in [-0.05, 0) is 45.2 Å². The predicted molar refractivity (Wildman–Crippen MR) is 116 cm³/mol. The number of aliphatic hydroxyl groups is 1. The van der Waals surface area contributed by atoms with E-state index in [-0.39, 0.29) is 30.1 Å². The first kappa shape index (κ1) is 21.3. The molecular formula is C23H34N4O3. The Bertz CT molecular complexity index is 867. The highest BCUT2D eigenvalue weighted by Crippen LogP contribution is 2.38. The van der Waals surface area contributed by atoms with Gasteiger partial charge in [-0.15, -0.1) is 0 Å². The van der Waals surface area contributed by atoms with Crippen molar-refractivity contribution < 1.29 is 14.6 Å². The van der Waals surface area contributed by atoms with Gasteiger partial charge in [0.1, 0.15) is 6.61 Å². The highest BCUT2D eigenvalue weighted by Gasteiger charge is 2.46. The zero-order valence-corrected chi connectivity index (χ0v) is 18.2. The number of ether oxygens (including phenoxy) is 1. The molecule has 2 saturated heterocycles. The summed E-state index contributed by atoms with van der Waals surface area (Å²) in [6.45, 7) is 8.90. The van der Waals surface area contributed by atoms with Crippen LogP contribution in [0.2, 0.25) is 0 Å². The van der Waals surface area contributed by atoms with Gasteiger partial charge in [0.05, 0.1) is 29.6 Å². The molecule has 0 saturated carbocycles. The summed E-state index contributed by atoms with van der Waals surface area (Å²) in [6, 6.07) is 8.20. The largest absolute Gasteiger partial charge is 0.392 e. The number of rotatable bonds is 6. The van der Waals surface area contributed by atoms with E-state index in [1.807, 2.05) is 43.3 Å². The number of amides is 1. The van der Waals surface area contributed by atoms with Crippen molar-refractivity contribution in [1.29, 1.82) is 0 Å². The molecule has 3 heterocycles. The first-order valence-electron chi connectivity index (χ1n) is 11.2. The van der Waals surface area contributed by atoms with Crippen molar-refractivity contribution in [3.05, 3.63) is 30.6 Å². The van der Waals surface area contributed by atoms with Gasteiger partial charge >= 0.3 is 0 Å². The average molecular weight is 415 g/mol. The van der Waals surface area contributed by atoms with Gasteiger partial charge in [-0.3, -0.25) is 4.79 Å². The molecule has 2 fully saturated rings. The molecule has 0 aliphatic carbocycles. The Kier molecular flexibility index (Phi) is 6.41. The van der Waals surface area contributed by atoms with Crippen molar-refractivity contribution in [2.75, 3.05) is 39.3 Å². The monoisotopic (exact) mass is 414 g/mol. The molecule has 1 spiro atoms. The van der Waals surface area contributed by atoms with Crippen LogP contribution in [0.1, 0.15) is 33.1 Å². The van der Waals surface area contributed by atoms with Crippen molar-refractivity contribution in [3.63, 3.8) is 0 Å². The molecule has 0 radical (unpaired) electrons. The molecule has 30 heavy (non-hydrogen) atoms. The summed E-state index contributed by atoms with van der Waals surface area (Å²) in [5.41, 5.74) is 1.94. The highest BCUT2D eigenvalue weighted by molar-refractivity contribution is 5.77. The summed E-state index contributed by atoms with van der Waals surface area (Å²) in [5.74, 6) is 0.0389. The standard InChI is InChI=1S/C23H34N4O3/c1-18(2)30-14-22(29)26-10-5-9-23(16-26)15-25(11-8-21(23)28)12-13-27-17-24-19-6-3-4-7-20(19)27/h3-4,6-7,17-18,21,28H,5,8-16H2,1-2H3/t21?,23-/m1/s1. The predicted octanol–water partition coefficient (Wildman–Crippen LogP) is 2.14. The van der Waals surface area contributed by atoms with Crippen molar-refractivity contribution in [2.45, 2.75) is 51.9 Å². The Morgan fingerprint density at radius 1 is 1.27 bits per heavy atom. The van der Waals surface area contributed by atoms with Gasteiger partial charge in [-0.2, -0.15) is 0 Å². The fourth-order valence-electron chi connectivity index (χ4n) is 4.97. The summed E-state index contributed by atoms with van der Waals surface area (Å²) in [7, 11) is 0. The average Bonchev–Trinajstić information content (AvgIpc) is 3.16. The van der Waals surface area contributed by atoms with Crippen molar-refractivity contribution in [3.8, 4) is 0 Å². The number of hydrogen-bond donors (Lipinski definition) is 1. The molecule has 7 heteroatoms. The first-order chi connectivity index (χ1) is 14.5. The summed E-state index contributed by atoms with van der Waals surface area (Å²) in [4.78, 5) is 21.5. The van der Waals surface area contributed by atoms with Crippen LogP contribution >= 0.6 is 0 Å². The molecule has 2 aliphatic rings. The van der Waals surface area contributed by atoms with Gasteiger partial charge in [0, 0.05) is 44.7 Å². The van der Waals surface area contributed by atoms with E-state index in [4.69, 9.17) is 4.74 Å². The number of aromatic nitrogens is 2. The van der Waals surface area contributed by atoms with Gasteiger partial charge in [-0.1, -0.05) is 12.1 Å². The third-order valence-corrected chi connectivity index (χ3v) is 6.65. The number of likely N-dealkylation sites (tertiary alicyclic amines) is 2. The van der Waals surface area contributed by atoms with E-state index in [0.29, 0.717) is 6.54 Å². The molecule has 7 nitrogen and oxygen atoms in total. The normalized spacial score (nSPS) is 25.5. The Hall–Kier alpha value is -1.96. The first-order valence-corrected chi connectivity index (χ1v) is 11.2. The summed E-state index contributed by atoms with van der Waals surface area (Å²) >= 11 is 0. The number of para-hydroxylation sites is 2. The lowest BCUT2D eigenvalue weighted by Gasteiger charge is -2.51. The van der Waals surface area contributed by atoms with Crippen LogP contribution in [0, 0.1) is 5.41 Å². The fraction of sp³-hybridized carbons (Fsp3) is 0.652. The number of carbonyl (C=O) groups excluding carboxylic acids is 1. The number of carbonyl (C=O) groups is 1. The maximum absolute atomic E-state index is 12.6. The Balaban J connectivity index is 1.39. The maximum atomic E-state index is 12.6. The molecule has 0 bridgehead atoms. The van der Waals surface area contributed by atoms with Gasteiger partial charge in [0.25, 0.3) is 0 Å². The summed E-state index contributed by atoms with van der Waals surface area (Å²) in [6.07, 6.45) is 4.26. The molecule has 1 N–H and O–H groups in total. The fourth-order valence-corrected chi connectivity index (χ4v) is 4.97. The lowest BCUT2D eigenvalue weighted by molar-refractivity contribution is -0.147. The molecule has 2 aliphatic heterocycles. The van der Waals surface area contributed by atoms with Crippen LogP contribution in [-0.4, -0.2) is 81.9 Å². The Morgan fingerprint density at radius 3 is 2.93 bits per heavy atom. The minimum absolute atomic E-state index is 0.0389. The molecule has 2 atom stereocenters. The third-order valence-electron chi connectivity index (χ3n) is 6.65. The quantitative estimate of drug-likeness (QED) is 0.784. The maximum Gasteiger partial charge on any atom is 0.248 e. The van der Waals surface area contributed by atoms with E-state index in [9.17, 15) is 9.90 Å². The topological polar surface area (TPSA) is 70.8 Å². The second kappa shape index (κ2) is 9.04. The second-order valence-electron chi connectivity index (χ2n) is 9.15. The summed E-state index contributed by atoms with van der Waals surface area (Å²) in [5, 5.41) is 10.9. The SMILES string of the molecule is CC(C)OCC(=O)N1CCC[C@@]2(CN(CCn3cnc4ccccc43)CCC2O)C1. The van der Waals surface area contributed by atoms with Crippen LogP contribution in [0.3, 0.4) is 0 Å². The number of piperidine rings is 2. The Morgan fingerprint density at radius 2 is 2.10 bits per heavy atom. The van der Waals surface area contributed by atoms with Crippen molar-refractivity contribution >= 4 is 16.9 Å². The summed E-state index contributed by atoms with van der Waals surface area (Å²) < 4.78 is 7.72. The van der Waals surface area contributed by atoms with E-state index < -0.39 is 0 Å². The number of hydrogen-bond acceptors (Lipinski definition) is 5. The van der Waals surface area contributed by atoms with Crippen LogP contribution in [0.15, 0.2) is 30.6 Å². The number of fused-ring (bicyclic) bond motifs is 1. The molecule has 1 amide bonds. The zero-order valence-electron chi connectivity index (χ0n) is 18.2. The van der Waals surface area contributed by atoms with E-state index in [1.54, 1.807) is 0 Å². The van der Waals surface area contributed by atoms with Crippen LogP contribution < -0.4 is 0 Å². The molecular weight excluding hydrogens is 380 g/mol. The van der Waals surface area contributed by atoms with Gasteiger partial charge in [-0.25, -0.2) is 4.98 Å². The number of imidazole rings is 1.